The first-order chi connectivity index (χ1) is 14.6. The summed E-state index contributed by atoms with van der Waals surface area (Å²) < 4.78 is 10.7. The number of hydrogen-bond acceptors (Lipinski definition) is 6. The minimum Gasteiger partial charge on any atom is -0.468 e. The first-order valence-corrected chi connectivity index (χ1v) is 11.5. The first-order valence-electron chi connectivity index (χ1n) is 10.5. The third kappa shape index (κ3) is 3.56. The number of morpholine rings is 1. The van der Waals surface area contributed by atoms with Gasteiger partial charge in [-0.25, -0.2) is 4.79 Å². The van der Waals surface area contributed by atoms with Gasteiger partial charge in [-0.3, -0.25) is 9.59 Å². The highest BCUT2D eigenvalue weighted by Crippen LogP contribution is 2.35. The van der Waals surface area contributed by atoms with Gasteiger partial charge in [0.05, 0.1) is 31.8 Å². The van der Waals surface area contributed by atoms with Crippen molar-refractivity contribution in [1.82, 2.24) is 19.6 Å². The number of fused-ring (bicyclic) bond motifs is 2. The number of carbonyl (C=O) groups is 3. The summed E-state index contributed by atoms with van der Waals surface area (Å²) in [6.45, 7) is 3.95. The van der Waals surface area contributed by atoms with Crippen molar-refractivity contribution in [3.05, 3.63) is 24.2 Å². The molecule has 5 heterocycles. The number of ether oxygens (including phenoxy) is 1. The quantitative estimate of drug-likeness (QED) is 0.687. The number of rotatable bonds is 3. The molecule has 0 aliphatic carbocycles. The fraction of sp³-hybridized carbons (Fsp3) is 0.650. The summed E-state index contributed by atoms with van der Waals surface area (Å²) in [5.41, 5.74) is 0. The van der Waals surface area contributed by atoms with E-state index in [0.717, 1.165) is 11.5 Å². The molecular weight excluding hydrogens is 408 g/mol. The Labute approximate surface area is 179 Å². The lowest BCUT2D eigenvalue weighted by Crippen LogP contribution is -2.70. The molecule has 4 saturated heterocycles. The van der Waals surface area contributed by atoms with Gasteiger partial charge in [-0.1, -0.05) is 0 Å². The van der Waals surface area contributed by atoms with Gasteiger partial charge in [-0.15, -0.1) is 11.8 Å². The predicted octanol–water partition coefficient (Wildman–Crippen LogP) is 0.461. The number of hydrogen-bond donors (Lipinski definition) is 0. The van der Waals surface area contributed by atoms with Gasteiger partial charge >= 0.3 is 6.03 Å². The lowest BCUT2D eigenvalue weighted by atomic mass is 10.0. The molecule has 1 aromatic rings. The third-order valence-corrected chi connectivity index (χ3v) is 7.64. The van der Waals surface area contributed by atoms with Crippen LogP contribution in [0.15, 0.2) is 22.8 Å². The molecule has 0 spiro atoms. The van der Waals surface area contributed by atoms with Crippen molar-refractivity contribution in [1.29, 1.82) is 0 Å². The molecule has 0 bridgehead atoms. The van der Waals surface area contributed by atoms with E-state index in [1.165, 1.54) is 0 Å². The topological polar surface area (TPSA) is 86.5 Å². The van der Waals surface area contributed by atoms with E-state index < -0.39 is 6.04 Å². The minimum atomic E-state index is -0.568. The second kappa shape index (κ2) is 8.14. The Morgan fingerprint density at radius 2 is 1.80 bits per heavy atom. The highest BCUT2D eigenvalue weighted by atomic mass is 32.2. The number of urea groups is 1. The molecule has 3 atom stereocenters. The Kier molecular flexibility index (Phi) is 5.36. The molecular formula is C20H26N4O5S. The number of amides is 4. The molecule has 4 amide bonds. The van der Waals surface area contributed by atoms with Crippen molar-refractivity contribution >= 4 is 29.6 Å². The summed E-state index contributed by atoms with van der Waals surface area (Å²) in [6.07, 6.45) is 2.33. The van der Waals surface area contributed by atoms with Crippen molar-refractivity contribution < 1.29 is 23.5 Å². The molecule has 0 aromatic carbocycles. The maximum Gasteiger partial charge on any atom is 0.320 e. The summed E-state index contributed by atoms with van der Waals surface area (Å²) in [5.74, 6) is 1.63. The molecule has 4 fully saturated rings. The molecule has 0 N–H and O–H groups in total. The van der Waals surface area contributed by atoms with Gasteiger partial charge in [0.25, 0.3) is 0 Å². The van der Waals surface area contributed by atoms with Gasteiger partial charge in [0.15, 0.2) is 0 Å². The van der Waals surface area contributed by atoms with E-state index in [-0.39, 0.29) is 35.7 Å². The Morgan fingerprint density at radius 1 is 1.00 bits per heavy atom. The van der Waals surface area contributed by atoms with E-state index in [2.05, 4.69) is 0 Å². The summed E-state index contributed by atoms with van der Waals surface area (Å²) in [6, 6.07) is 2.80. The van der Waals surface area contributed by atoms with Crippen LogP contribution in [0.1, 0.15) is 12.2 Å². The number of nitrogens with zero attached hydrogens (tertiary/aromatic N) is 4. The standard InChI is InChI=1S/C20H26N4O5S/c25-18-16-10-15(30-13-14-2-1-7-29-14)11-24(16)19(26)17-12-22(3-4-23(17)18)20(27)21-5-8-28-9-6-21/h1-2,7,15-17H,3-6,8-13H2/t15-,16-,17-/m1/s1. The number of carbonyl (C=O) groups excluding carboxylic acids is 3. The smallest absolute Gasteiger partial charge is 0.320 e. The normalized spacial score (nSPS) is 29.3. The van der Waals surface area contributed by atoms with Crippen molar-refractivity contribution in [2.24, 2.45) is 0 Å². The summed E-state index contributed by atoms with van der Waals surface area (Å²) in [5, 5.41) is 0.209. The van der Waals surface area contributed by atoms with Crippen LogP contribution < -0.4 is 0 Å². The van der Waals surface area contributed by atoms with Crippen LogP contribution in [-0.4, -0.2) is 107 Å². The van der Waals surface area contributed by atoms with Crippen LogP contribution in [0, 0.1) is 0 Å². The molecule has 4 aliphatic rings. The van der Waals surface area contributed by atoms with Crippen LogP contribution in [0.4, 0.5) is 4.79 Å². The fourth-order valence-electron chi connectivity index (χ4n) is 4.76. The maximum absolute atomic E-state index is 13.2. The molecule has 0 radical (unpaired) electrons. The van der Waals surface area contributed by atoms with Gasteiger partial charge < -0.3 is 28.8 Å². The van der Waals surface area contributed by atoms with E-state index in [1.807, 2.05) is 12.1 Å². The molecule has 5 rings (SSSR count). The van der Waals surface area contributed by atoms with Crippen LogP contribution in [0.25, 0.3) is 0 Å². The van der Waals surface area contributed by atoms with Gasteiger partial charge in [-0.05, 0) is 18.6 Å². The largest absolute Gasteiger partial charge is 0.468 e. The second-order valence-corrected chi connectivity index (χ2v) is 9.42. The van der Waals surface area contributed by atoms with Crippen LogP contribution in [-0.2, 0) is 20.1 Å². The highest BCUT2D eigenvalue weighted by Gasteiger charge is 2.52. The van der Waals surface area contributed by atoms with E-state index in [4.69, 9.17) is 9.15 Å². The van der Waals surface area contributed by atoms with Crippen molar-refractivity contribution in [3.8, 4) is 0 Å². The maximum atomic E-state index is 13.2. The molecule has 4 aliphatic heterocycles. The summed E-state index contributed by atoms with van der Waals surface area (Å²) in [7, 11) is 0. The van der Waals surface area contributed by atoms with Gasteiger partial charge in [0.2, 0.25) is 11.8 Å². The lowest BCUT2D eigenvalue weighted by Gasteiger charge is -2.48. The molecule has 10 heteroatoms. The second-order valence-electron chi connectivity index (χ2n) is 8.13. The minimum absolute atomic E-state index is 0.0270. The molecule has 0 unspecified atom stereocenters. The number of thioether (sulfide) groups is 1. The van der Waals surface area contributed by atoms with E-state index in [0.29, 0.717) is 52.4 Å². The SMILES string of the molecule is O=C(N1CCOCC1)N1CCN2C(=O)[C@H]3C[C@@H](SCc4ccco4)CN3C(=O)[C@H]2C1. The third-order valence-electron chi connectivity index (χ3n) is 6.37. The summed E-state index contributed by atoms with van der Waals surface area (Å²) >= 11 is 1.73. The first kappa shape index (κ1) is 19.7. The van der Waals surface area contributed by atoms with Crippen LogP contribution in [0.5, 0.6) is 0 Å². The molecule has 162 valence electrons. The lowest BCUT2D eigenvalue weighted by molar-refractivity contribution is -0.162. The van der Waals surface area contributed by atoms with Crippen LogP contribution in [0.3, 0.4) is 0 Å². The zero-order valence-corrected chi connectivity index (χ0v) is 17.6. The van der Waals surface area contributed by atoms with E-state index in [9.17, 15) is 14.4 Å². The Bertz CT molecular complexity index is 812. The van der Waals surface area contributed by atoms with Gasteiger partial charge in [-0.2, -0.15) is 0 Å². The fourth-order valence-corrected chi connectivity index (χ4v) is 5.91. The van der Waals surface area contributed by atoms with E-state index in [1.54, 1.807) is 37.6 Å². The van der Waals surface area contributed by atoms with Crippen molar-refractivity contribution in [3.63, 3.8) is 0 Å². The number of furan rings is 1. The van der Waals surface area contributed by atoms with E-state index >= 15 is 0 Å². The predicted molar refractivity (Wildman–Crippen MR) is 109 cm³/mol. The average molecular weight is 435 g/mol. The molecule has 9 nitrogen and oxygen atoms in total. The number of piperazine rings is 2. The molecule has 30 heavy (non-hydrogen) atoms. The van der Waals surface area contributed by atoms with Crippen LogP contribution >= 0.6 is 11.8 Å². The van der Waals surface area contributed by atoms with Crippen LogP contribution in [0.2, 0.25) is 0 Å². The van der Waals surface area contributed by atoms with Crippen molar-refractivity contribution in [2.75, 3.05) is 52.5 Å². The molecule has 1 aromatic heterocycles. The van der Waals surface area contributed by atoms with Crippen molar-refractivity contribution in [2.45, 2.75) is 29.5 Å². The molecule has 0 saturated carbocycles. The average Bonchev–Trinajstić information content (AvgIpc) is 3.46. The van der Waals surface area contributed by atoms with Gasteiger partial charge in [0.1, 0.15) is 17.8 Å². The summed E-state index contributed by atoms with van der Waals surface area (Å²) in [4.78, 5) is 46.1. The van der Waals surface area contributed by atoms with Gasteiger partial charge in [0, 0.05) is 38.0 Å². The zero-order chi connectivity index (χ0) is 20.7. The Morgan fingerprint density at radius 3 is 2.57 bits per heavy atom. The Balaban J connectivity index is 1.24. The monoisotopic (exact) mass is 434 g/mol. The highest BCUT2D eigenvalue weighted by molar-refractivity contribution is 7.99. The zero-order valence-electron chi connectivity index (χ0n) is 16.8. The Hall–Kier alpha value is -2.20.